The maximum Gasteiger partial charge on any atom is 0.342 e. The van der Waals surface area contributed by atoms with Crippen LogP contribution in [0.2, 0.25) is 23.2 Å². The standard InChI is InChI=1S/C48H56FN3O5SSi2/c1-11-48(57-59(9,10)46(3,4)5)35-24-39-43-33(26-52(39)44(53)34(35)27-55-45(48)54)42-37(23-22-32-29(2)36(49)25-38(51-43)41(32)42)50-40(58)28-56-60(47(6,7)8,30-18-14-12-15-19-30)31-20-16-13-17-21-31/h12-21,24-25,37H,11,22-23,26-28H2,1-10H3,(H,50,58)/t37-,48-/m0/s1. The molecule has 2 aromatic heterocycles. The number of carbonyl (C=O) groups is 1. The number of pyridine rings is 2. The molecule has 5 aromatic rings. The summed E-state index contributed by atoms with van der Waals surface area (Å²) in [6.45, 7) is 21.4. The van der Waals surface area contributed by atoms with Gasteiger partial charge in [-0.3, -0.25) is 4.79 Å². The molecule has 3 aliphatic rings. The molecule has 0 radical (unpaired) electrons. The Hall–Kier alpha value is -4.34. The summed E-state index contributed by atoms with van der Waals surface area (Å²) in [6, 6.07) is 24.2. The van der Waals surface area contributed by atoms with Crippen molar-refractivity contribution < 1.29 is 22.8 Å². The number of esters is 1. The molecule has 3 aromatic carbocycles. The second-order valence-corrected chi connectivity index (χ2v) is 28.8. The molecule has 12 heteroatoms. The van der Waals surface area contributed by atoms with Gasteiger partial charge in [0.1, 0.15) is 17.4 Å². The minimum absolute atomic E-state index is 0.132. The lowest BCUT2D eigenvalue weighted by Crippen LogP contribution is -2.67. The van der Waals surface area contributed by atoms with E-state index in [1.807, 2.05) is 32.0 Å². The van der Waals surface area contributed by atoms with Gasteiger partial charge in [-0.25, -0.2) is 14.2 Å². The molecule has 2 atom stereocenters. The van der Waals surface area contributed by atoms with Crippen LogP contribution >= 0.6 is 12.2 Å². The minimum Gasteiger partial charge on any atom is -0.458 e. The fourth-order valence-electron chi connectivity index (χ4n) is 9.62. The van der Waals surface area contributed by atoms with Gasteiger partial charge >= 0.3 is 5.97 Å². The van der Waals surface area contributed by atoms with Crippen LogP contribution in [0.25, 0.3) is 22.3 Å². The Morgan fingerprint density at radius 1 is 0.967 bits per heavy atom. The first-order chi connectivity index (χ1) is 28.3. The molecule has 0 amide bonds. The first-order valence-electron chi connectivity index (χ1n) is 21.1. The number of cyclic esters (lactones) is 1. The summed E-state index contributed by atoms with van der Waals surface area (Å²) in [6.07, 6.45) is 1.59. The van der Waals surface area contributed by atoms with Crippen molar-refractivity contribution in [3.05, 3.63) is 122 Å². The van der Waals surface area contributed by atoms with Crippen molar-refractivity contribution >= 4 is 61.1 Å². The highest BCUT2D eigenvalue weighted by Crippen LogP contribution is 2.49. The van der Waals surface area contributed by atoms with E-state index in [4.69, 9.17) is 30.8 Å². The molecule has 0 saturated heterocycles. The SMILES string of the molecule is CC[C@@]1(O[Si](C)(C)C(C)(C)C)C(=O)OCc2c1cc1n(c2=O)Cc2c-1nc1cc(F)c(C)c3c1c2[C@@H](NC(=S)CO[Si](c1ccccc1)(c1ccccc1)C(C)(C)C)CC3. The summed E-state index contributed by atoms with van der Waals surface area (Å²) in [5.41, 5.74) is 4.39. The first kappa shape index (κ1) is 42.4. The third kappa shape index (κ3) is 6.56. The number of benzene rings is 3. The first-order valence-corrected chi connectivity index (χ1v) is 26.3. The number of hydrogen-bond acceptors (Lipinski definition) is 7. The maximum absolute atomic E-state index is 15.7. The number of carbonyl (C=O) groups excluding carboxylic acids is 1. The number of rotatable bonds is 9. The Morgan fingerprint density at radius 2 is 1.60 bits per heavy atom. The van der Waals surface area contributed by atoms with Gasteiger partial charge in [-0.1, -0.05) is 121 Å². The molecule has 0 saturated carbocycles. The summed E-state index contributed by atoms with van der Waals surface area (Å²) in [5.74, 6) is -0.792. The largest absolute Gasteiger partial charge is 0.458 e. The van der Waals surface area contributed by atoms with E-state index in [2.05, 4.69) is 108 Å². The van der Waals surface area contributed by atoms with E-state index in [0.29, 0.717) is 57.8 Å². The second kappa shape index (κ2) is 14.9. The lowest BCUT2D eigenvalue weighted by Gasteiger charge is -2.46. The average molecular weight is 862 g/mol. The van der Waals surface area contributed by atoms with Crippen molar-refractivity contribution in [3.63, 3.8) is 0 Å². The van der Waals surface area contributed by atoms with Gasteiger partial charge in [0.15, 0.2) is 13.9 Å². The van der Waals surface area contributed by atoms with Crippen LogP contribution in [0.15, 0.2) is 77.6 Å². The zero-order valence-corrected chi connectivity index (χ0v) is 39.3. The van der Waals surface area contributed by atoms with Crippen LogP contribution in [-0.4, -0.2) is 43.8 Å². The zero-order chi connectivity index (χ0) is 43.2. The van der Waals surface area contributed by atoms with Crippen LogP contribution in [0.3, 0.4) is 0 Å². The molecule has 1 N–H and O–H groups in total. The lowest BCUT2D eigenvalue weighted by atomic mass is 9.81. The lowest BCUT2D eigenvalue weighted by molar-refractivity contribution is -0.170. The van der Waals surface area contributed by atoms with Crippen LogP contribution in [-0.2, 0) is 43.6 Å². The van der Waals surface area contributed by atoms with E-state index in [9.17, 15) is 9.59 Å². The van der Waals surface area contributed by atoms with Crippen molar-refractivity contribution in [1.29, 1.82) is 0 Å². The second-order valence-electron chi connectivity index (χ2n) is 19.3. The fraction of sp³-hybridized carbons (Fsp3) is 0.417. The quantitative estimate of drug-likeness (QED) is 0.0876. The highest BCUT2D eigenvalue weighted by atomic mass is 32.1. The number of fused-ring (bicyclic) bond motifs is 5. The number of aryl methyl sites for hydroxylation is 1. The van der Waals surface area contributed by atoms with Gasteiger partial charge in [0, 0.05) is 22.6 Å². The molecule has 60 heavy (non-hydrogen) atoms. The van der Waals surface area contributed by atoms with E-state index in [-0.39, 0.29) is 47.3 Å². The Kier molecular flexibility index (Phi) is 10.5. The number of nitrogens with zero attached hydrogens (tertiary/aromatic N) is 2. The average Bonchev–Trinajstić information content (AvgIpc) is 3.57. The van der Waals surface area contributed by atoms with Crippen LogP contribution in [0, 0.1) is 12.7 Å². The van der Waals surface area contributed by atoms with Gasteiger partial charge in [0.25, 0.3) is 13.9 Å². The number of halogens is 1. The molecule has 314 valence electrons. The van der Waals surface area contributed by atoms with Crippen LogP contribution < -0.4 is 21.2 Å². The summed E-state index contributed by atoms with van der Waals surface area (Å²) < 4.78 is 37.5. The molecule has 0 spiro atoms. The maximum atomic E-state index is 15.7. The van der Waals surface area contributed by atoms with Gasteiger partial charge < -0.3 is 23.5 Å². The normalized spacial score (nSPS) is 18.8. The molecule has 0 fully saturated rings. The topological polar surface area (TPSA) is 91.7 Å². The monoisotopic (exact) mass is 861 g/mol. The van der Waals surface area contributed by atoms with Gasteiger partial charge in [0.05, 0.1) is 41.7 Å². The van der Waals surface area contributed by atoms with E-state index in [1.165, 1.54) is 16.4 Å². The molecular formula is C48H56FN3O5SSi2. The number of thiocarbonyl (C=S) groups is 1. The third-order valence-electron chi connectivity index (χ3n) is 13.8. The Morgan fingerprint density at radius 3 is 2.18 bits per heavy atom. The smallest absolute Gasteiger partial charge is 0.342 e. The summed E-state index contributed by atoms with van der Waals surface area (Å²) in [7, 11) is -5.44. The van der Waals surface area contributed by atoms with E-state index in [1.54, 1.807) is 4.57 Å². The Bertz CT molecular complexity index is 2580. The summed E-state index contributed by atoms with van der Waals surface area (Å²) >= 11 is 6.19. The predicted octanol–water partition coefficient (Wildman–Crippen LogP) is 9.04. The molecule has 0 unspecified atom stereocenters. The molecule has 2 aliphatic heterocycles. The Labute approximate surface area is 360 Å². The molecule has 1 aliphatic carbocycles. The number of nitrogens with one attached hydrogen (secondary N) is 1. The molecule has 4 heterocycles. The molecule has 8 nitrogen and oxygen atoms in total. The summed E-state index contributed by atoms with van der Waals surface area (Å²) in [4.78, 5) is 34.3. The van der Waals surface area contributed by atoms with E-state index >= 15 is 4.39 Å². The third-order valence-corrected chi connectivity index (χ3v) is 23.4. The summed E-state index contributed by atoms with van der Waals surface area (Å²) in [5, 5.41) is 6.52. The molecule has 0 bridgehead atoms. The van der Waals surface area contributed by atoms with Crippen molar-refractivity contribution in [2.75, 3.05) is 6.61 Å². The number of aromatic nitrogens is 2. The number of ether oxygens (including phenoxy) is 1. The van der Waals surface area contributed by atoms with E-state index in [0.717, 1.165) is 22.1 Å². The highest BCUT2D eigenvalue weighted by Gasteiger charge is 2.54. The minimum atomic E-state index is -2.88. The zero-order valence-electron chi connectivity index (χ0n) is 36.5. The van der Waals surface area contributed by atoms with Gasteiger partial charge in [-0.05, 0) is 82.5 Å². The highest BCUT2D eigenvalue weighted by molar-refractivity contribution is 7.80. The van der Waals surface area contributed by atoms with E-state index < -0.39 is 28.2 Å². The predicted molar refractivity (Wildman–Crippen MR) is 246 cm³/mol. The fourth-order valence-corrected chi connectivity index (χ4v) is 16.0. The number of hydrogen-bond donors (Lipinski definition) is 1. The van der Waals surface area contributed by atoms with Crippen molar-refractivity contribution in [3.8, 4) is 11.4 Å². The molecule has 8 rings (SSSR count). The Balaban J connectivity index is 1.23. The van der Waals surface area contributed by atoms with Crippen LogP contribution in [0.1, 0.15) is 101 Å². The van der Waals surface area contributed by atoms with Crippen molar-refractivity contribution in [2.45, 2.75) is 123 Å². The van der Waals surface area contributed by atoms with Crippen molar-refractivity contribution in [1.82, 2.24) is 14.9 Å². The van der Waals surface area contributed by atoms with Gasteiger partial charge in [-0.15, -0.1) is 0 Å². The van der Waals surface area contributed by atoms with Gasteiger partial charge in [0.2, 0.25) is 0 Å². The molecular weight excluding hydrogens is 806 g/mol. The van der Waals surface area contributed by atoms with Crippen molar-refractivity contribution in [2.24, 2.45) is 0 Å². The van der Waals surface area contributed by atoms with Crippen LogP contribution in [0.4, 0.5) is 4.39 Å². The van der Waals surface area contributed by atoms with Crippen LogP contribution in [0.5, 0.6) is 0 Å². The van der Waals surface area contributed by atoms with Gasteiger partial charge in [-0.2, -0.15) is 0 Å².